The van der Waals surface area contributed by atoms with Crippen LogP contribution in [0.4, 0.5) is 14.6 Å². The molecule has 7 heterocycles. The van der Waals surface area contributed by atoms with Gasteiger partial charge in [-0.25, -0.2) is 13.8 Å². The van der Waals surface area contributed by atoms with Gasteiger partial charge in [0.2, 0.25) is 0 Å². The number of fused-ring (bicyclic) bond motifs is 5. The lowest BCUT2D eigenvalue weighted by atomic mass is 9.95. The van der Waals surface area contributed by atoms with Crippen molar-refractivity contribution in [2.75, 3.05) is 37.7 Å². The molecule has 8 rings (SSSR count). The summed E-state index contributed by atoms with van der Waals surface area (Å²) in [5.41, 5.74) is 1.50. The number of ether oxygens (including phenoxy) is 1. The van der Waals surface area contributed by atoms with Crippen LogP contribution in [0.5, 0.6) is 6.01 Å². The van der Waals surface area contributed by atoms with Gasteiger partial charge in [-0.15, -0.1) is 6.42 Å². The summed E-state index contributed by atoms with van der Waals surface area (Å²) >= 11 is 0. The predicted octanol–water partition coefficient (Wildman–Crippen LogP) is 3.58. The quantitative estimate of drug-likeness (QED) is 0.361. The van der Waals surface area contributed by atoms with Crippen LogP contribution in [0.25, 0.3) is 33.1 Å². The minimum atomic E-state index is -0.875. The van der Waals surface area contributed by atoms with Crippen molar-refractivity contribution in [1.29, 1.82) is 0 Å². The molecule has 0 spiro atoms. The SMILES string of the molecule is C#Cc1nc(-c2ccc3[nH]ncc3c2)c(F)c2nc(OC[C@@]34CCCN3C[C@H](F)C4)nc(N3CC4CCC(C3)N4)c12. The van der Waals surface area contributed by atoms with Gasteiger partial charge < -0.3 is 15.0 Å². The second kappa shape index (κ2) is 9.33. The van der Waals surface area contributed by atoms with E-state index in [9.17, 15) is 4.39 Å². The molecule has 4 saturated heterocycles. The molecule has 4 aliphatic rings. The molecule has 2 bridgehead atoms. The number of alkyl halides is 1. The van der Waals surface area contributed by atoms with Crippen molar-refractivity contribution in [3.63, 3.8) is 0 Å². The number of piperazine rings is 1. The number of anilines is 1. The number of H-pyrrole nitrogens is 1. The number of nitrogens with one attached hydrogen (secondary N) is 2. The van der Waals surface area contributed by atoms with Crippen LogP contribution < -0.4 is 15.0 Å². The van der Waals surface area contributed by atoms with Gasteiger partial charge in [0.05, 0.1) is 22.6 Å². The maximum absolute atomic E-state index is 16.5. The molecule has 3 aromatic heterocycles. The van der Waals surface area contributed by atoms with E-state index in [4.69, 9.17) is 16.1 Å². The number of rotatable bonds is 5. The van der Waals surface area contributed by atoms with Crippen LogP contribution in [0.2, 0.25) is 0 Å². The molecule has 4 aliphatic heterocycles. The van der Waals surface area contributed by atoms with Gasteiger partial charge in [0.15, 0.2) is 5.82 Å². The highest BCUT2D eigenvalue weighted by Gasteiger charge is 2.49. The average Bonchev–Trinajstić information content (AvgIpc) is 3.75. The van der Waals surface area contributed by atoms with Crippen molar-refractivity contribution < 1.29 is 13.5 Å². The molecule has 2 unspecified atom stereocenters. The highest BCUT2D eigenvalue weighted by molar-refractivity contribution is 5.97. The molecule has 2 N–H and O–H groups in total. The fourth-order valence-corrected chi connectivity index (χ4v) is 7.43. The minimum absolute atomic E-state index is 0.0752. The smallest absolute Gasteiger partial charge is 0.319 e. The van der Waals surface area contributed by atoms with Crippen LogP contribution in [0.3, 0.4) is 0 Å². The van der Waals surface area contributed by atoms with Gasteiger partial charge in [0.25, 0.3) is 0 Å². The second-order valence-corrected chi connectivity index (χ2v) is 11.9. The fourth-order valence-electron chi connectivity index (χ4n) is 7.43. The van der Waals surface area contributed by atoms with E-state index in [1.807, 2.05) is 12.1 Å². The number of aromatic nitrogens is 5. The van der Waals surface area contributed by atoms with Gasteiger partial charge in [-0.05, 0) is 50.3 Å². The van der Waals surface area contributed by atoms with E-state index in [1.54, 1.807) is 12.3 Å². The highest BCUT2D eigenvalue weighted by atomic mass is 19.1. The summed E-state index contributed by atoms with van der Waals surface area (Å²) in [6.45, 7) is 2.96. The van der Waals surface area contributed by atoms with E-state index >= 15 is 4.39 Å². The zero-order valence-corrected chi connectivity index (χ0v) is 22.5. The summed E-state index contributed by atoms with van der Waals surface area (Å²) in [5.74, 6) is 2.63. The Bertz CT molecular complexity index is 1710. The lowest BCUT2D eigenvalue weighted by molar-refractivity contribution is 0.107. The first-order chi connectivity index (χ1) is 20.0. The Labute approximate surface area is 235 Å². The summed E-state index contributed by atoms with van der Waals surface area (Å²) in [6.07, 6.45) is 11.2. The molecule has 9 nitrogen and oxygen atoms in total. The van der Waals surface area contributed by atoms with Gasteiger partial charge in [0, 0.05) is 49.1 Å². The molecule has 210 valence electrons. The number of aromatic amines is 1. The van der Waals surface area contributed by atoms with Crippen LogP contribution >= 0.6 is 0 Å². The zero-order chi connectivity index (χ0) is 27.7. The number of hydrogen-bond donors (Lipinski definition) is 2. The van der Waals surface area contributed by atoms with Crippen LogP contribution in [0.1, 0.15) is 37.8 Å². The van der Waals surface area contributed by atoms with Crippen molar-refractivity contribution in [2.24, 2.45) is 0 Å². The topological polar surface area (TPSA) is 95.1 Å². The first-order valence-electron chi connectivity index (χ1n) is 14.3. The molecule has 0 amide bonds. The number of nitrogens with zero attached hydrogens (tertiary/aromatic N) is 6. The Balaban J connectivity index is 1.26. The van der Waals surface area contributed by atoms with Gasteiger partial charge in [-0.1, -0.05) is 6.07 Å². The van der Waals surface area contributed by atoms with E-state index in [2.05, 4.69) is 41.2 Å². The Morgan fingerprint density at radius 1 is 1.15 bits per heavy atom. The normalized spacial score (nSPS) is 27.5. The van der Waals surface area contributed by atoms with Crippen LogP contribution in [-0.4, -0.2) is 86.6 Å². The van der Waals surface area contributed by atoms with Crippen LogP contribution in [-0.2, 0) is 0 Å². The van der Waals surface area contributed by atoms with E-state index in [0.29, 0.717) is 54.9 Å². The molecule has 4 atom stereocenters. The number of terminal acetylenes is 1. The van der Waals surface area contributed by atoms with Crippen molar-refractivity contribution in [3.05, 3.63) is 35.9 Å². The van der Waals surface area contributed by atoms with Crippen molar-refractivity contribution in [1.82, 2.24) is 35.4 Å². The fraction of sp³-hybridized carbons (Fsp3) is 0.467. The summed E-state index contributed by atoms with van der Waals surface area (Å²) in [7, 11) is 0. The lowest BCUT2D eigenvalue weighted by Gasteiger charge is -2.34. The van der Waals surface area contributed by atoms with Gasteiger partial charge >= 0.3 is 6.01 Å². The third-order valence-electron chi connectivity index (χ3n) is 9.34. The highest BCUT2D eigenvalue weighted by Crippen LogP contribution is 2.41. The Morgan fingerprint density at radius 3 is 2.83 bits per heavy atom. The lowest BCUT2D eigenvalue weighted by Crippen LogP contribution is -2.51. The molecule has 1 aromatic carbocycles. The summed E-state index contributed by atoms with van der Waals surface area (Å²) < 4.78 is 37.2. The molecule has 0 saturated carbocycles. The molecule has 4 aromatic rings. The molecule has 0 aliphatic carbocycles. The molecular formula is C30H30F2N8O. The first-order valence-corrected chi connectivity index (χ1v) is 14.3. The van der Waals surface area contributed by atoms with Gasteiger partial charge in [-0.3, -0.25) is 10.00 Å². The number of halogens is 2. The standard InChI is InChI=1S/C30H30F2N8O/c1-2-22-24-27(25(32)26(35-22)17-4-7-23-18(10-17)12-33-38-23)36-29(37-28(24)39-14-20-5-6-21(15-39)34-20)41-16-30-8-3-9-40(30)13-19(31)11-30/h1,4,7,10,12,19-21,34H,3,5-6,8-9,11,13-16H2,(H,33,38)/t19-,20?,21?,30+/m1/s1. The molecule has 11 heteroatoms. The molecule has 41 heavy (non-hydrogen) atoms. The van der Waals surface area contributed by atoms with E-state index in [1.165, 1.54) is 0 Å². The first kappa shape index (κ1) is 24.9. The van der Waals surface area contributed by atoms with Gasteiger partial charge in [0.1, 0.15) is 35.5 Å². The van der Waals surface area contributed by atoms with E-state index < -0.39 is 12.0 Å². The van der Waals surface area contributed by atoms with Crippen LogP contribution in [0.15, 0.2) is 24.4 Å². The van der Waals surface area contributed by atoms with Crippen molar-refractivity contribution in [3.8, 4) is 29.6 Å². The number of benzene rings is 1. The Morgan fingerprint density at radius 2 is 2.00 bits per heavy atom. The Kier molecular flexibility index (Phi) is 5.66. The Hall–Kier alpha value is -3.88. The summed E-state index contributed by atoms with van der Waals surface area (Å²) in [5, 5.41) is 11.9. The molecular weight excluding hydrogens is 526 g/mol. The van der Waals surface area contributed by atoms with Crippen LogP contribution in [0, 0.1) is 18.2 Å². The minimum Gasteiger partial charge on any atom is -0.461 e. The molecule has 0 radical (unpaired) electrons. The summed E-state index contributed by atoms with van der Waals surface area (Å²) in [4.78, 5) is 18.4. The van der Waals surface area contributed by atoms with Crippen molar-refractivity contribution in [2.45, 2.75) is 55.9 Å². The largest absolute Gasteiger partial charge is 0.461 e. The maximum Gasteiger partial charge on any atom is 0.319 e. The van der Waals surface area contributed by atoms with Crippen molar-refractivity contribution >= 4 is 27.6 Å². The number of pyridine rings is 1. The predicted molar refractivity (Wildman–Crippen MR) is 151 cm³/mol. The third kappa shape index (κ3) is 4.03. The molecule has 4 fully saturated rings. The third-order valence-corrected chi connectivity index (χ3v) is 9.34. The second-order valence-electron chi connectivity index (χ2n) is 11.9. The van der Waals surface area contributed by atoms with Gasteiger partial charge in [-0.2, -0.15) is 15.1 Å². The van der Waals surface area contributed by atoms with E-state index in [0.717, 1.165) is 43.1 Å². The zero-order valence-electron chi connectivity index (χ0n) is 22.5. The van der Waals surface area contributed by atoms with E-state index in [-0.39, 0.29) is 35.1 Å². The average molecular weight is 557 g/mol. The summed E-state index contributed by atoms with van der Waals surface area (Å²) in [6, 6.07) is 6.16. The number of hydrogen-bond acceptors (Lipinski definition) is 8. The monoisotopic (exact) mass is 556 g/mol. The maximum atomic E-state index is 16.5.